The van der Waals surface area contributed by atoms with E-state index < -0.39 is 0 Å². The van der Waals surface area contributed by atoms with Gasteiger partial charge in [0, 0.05) is 6.04 Å². The molecule has 0 aliphatic heterocycles. The number of aryl methyl sites for hydroxylation is 1. The van der Waals surface area contributed by atoms with Crippen molar-refractivity contribution in [1.29, 1.82) is 0 Å². The summed E-state index contributed by atoms with van der Waals surface area (Å²) < 4.78 is 13.6. The lowest BCUT2D eigenvalue weighted by molar-refractivity contribution is 0.356. The van der Waals surface area contributed by atoms with Crippen LogP contribution < -0.4 is 5.32 Å². The number of anilines is 1. The Balaban J connectivity index is 2.53. The smallest absolute Gasteiger partial charge is 0.146 e. The molecule has 0 radical (unpaired) electrons. The number of halogens is 1. The van der Waals surface area contributed by atoms with E-state index in [-0.39, 0.29) is 5.82 Å². The van der Waals surface area contributed by atoms with Gasteiger partial charge in [-0.3, -0.25) is 0 Å². The molecule has 1 nitrogen and oxygen atoms in total. The second kappa shape index (κ2) is 5.52. The van der Waals surface area contributed by atoms with Gasteiger partial charge in [-0.15, -0.1) is 0 Å². The summed E-state index contributed by atoms with van der Waals surface area (Å²) in [7, 11) is 0. The van der Waals surface area contributed by atoms with E-state index in [0.717, 1.165) is 18.4 Å². The lowest BCUT2D eigenvalue weighted by atomic mass is 9.89. The average molecular weight is 237 g/mol. The molecule has 1 rings (SSSR count). The SMILES string of the molecule is Cc1ccc(NC(C)CCC(C)(C)C)c(F)c1. The minimum absolute atomic E-state index is 0.160. The summed E-state index contributed by atoms with van der Waals surface area (Å²) in [6.07, 6.45) is 2.19. The van der Waals surface area contributed by atoms with Crippen LogP contribution in [-0.4, -0.2) is 6.04 Å². The van der Waals surface area contributed by atoms with Crippen molar-refractivity contribution in [2.75, 3.05) is 5.32 Å². The summed E-state index contributed by atoms with van der Waals surface area (Å²) in [6.45, 7) is 10.7. The molecule has 1 unspecified atom stereocenters. The van der Waals surface area contributed by atoms with E-state index in [4.69, 9.17) is 0 Å². The first kappa shape index (κ1) is 14.0. The van der Waals surface area contributed by atoms with Crippen molar-refractivity contribution in [3.8, 4) is 0 Å². The van der Waals surface area contributed by atoms with E-state index in [2.05, 4.69) is 33.0 Å². The second-order valence-corrected chi connectivity index (χ2v) is 6.13. The summed E-state index contributed by atoms with van der Waals surface area (Å²) >= 11 is 0. The van der Waals surface area contributed by atoms with Gasteiger partial charge in [-0.05, 0) is 49.8 Å². The van der Waals surface area contributed by atoms with Crippen LogP contribution in [0.1, 0.15) is 46.1 Å². The van der Waals surface area contributed by atoms with E-state index in [1.165, 1.54) is 0 Å². The van der Waals surface area contributed by atoms with Crippen molar-refractivity contribution in [1.82, 2.24) is 0 Å². The average Bonchev–Trinajstić information content (AvgIpc) is 2.18. The maximum atomic E-state index is 13.6. The molecule has 0 aliphatic carbocycles. The molecule has 96 valence electrons. The first-order valence-electron chi connectivity index (χ1n) is 6.30. The van der Waals surface area contributed by atoms with Gasteiger partial charge in [-0.25, -0.2) is 4.39 Å². The Labute approximate surface area is 104 Å². The Morgan fingerprint density at radius 1 is 1.29 bits per heavy atom. The maximum Gasteiger partial charge on any atom is 0.146 e. The highest BCUT2D eigenvalue weighted by Crippen LogP contribution is 2.23. The Morgan fingerprint density at radius 3 is 2.47 bits per heavy atom. The third kappa shape index (κ3) is 5.20. The van der Waals surface area contributed by atoms with E-state index in [1.807, 2.05) is 19.1 Å². The normalized spacial score (nSPS) is 13.5. The van der Waals surface area contributed by atoms with E-state index >= 15 is 0 Å². The van der Waals surface area contributed by atoms with Crippen molar-refractivity contribution < 1.29 is 4.39 Å². The molecule has 1 aromatic rings. The quantitative estimate of drug-likeness (QED) is 0.796. The Kier molecular flexibility index (Phi) is 4.55. The third-order valence-corrected chi connectivity index (χ3v) is 2.85. The van der Waals surface area contributed by atoms with Crippen LogP contribution in [0.15, 0.2) is 18.2 Å². The summed E-state index contributed by atoms with van der Waals surface area (Å²) in [6, 6.07) is 5.62. The maximum absolute atomic E-state index is 13.6. The number of hydrogen-bond acceptors (Lipinski definition) is 1. The predicted octanol–water partition coefficient (Wildman–Crippen LogP) is 4.76. The van der Waals surface area contributed by atoms with Crippen LogP contribution in [0.3, 0.4) is 0 Å². The molecule has 0 heterocycles. The van der Waals surface area contributed by atoms with Gasteiger partial charge in [-0.1, -0.05) is 26.8 Å². The second-order valence-electron chi connectivity index (χ2n) is 6.13. The first-order chi connectivity index (χ1) is 7.78. The lowest BCUT2D eigenvalue weighted by Crippen LogP contribution is -2.19. The topological polar surface area (TPSA) is 12.0 Å². The van der Waals surface area contributed by atoms with Gasteiger partial charge in [0.2, 0.25) is 0 Å². The van der Waals surface area contributed by atoms with Crippen LogP contribution in [0.2, 0.25) is 0 Å². The highest BCUT2D eigenvalue weighted by Gasteiger charge is 2.13. The predicted molar refractivity (Wildman–Crippen MR) is 72.9 cm³/mol. The Morgan fingerprint density at radius 2 is 1.94 bits per heavy atom. The zero-order valence-corrected chi connectivity index (χ0v) is 11.6. The molecule has 1 aromatic carbocycles. The third-order valence-electron chi connectivity index (χ3n) is 2.85. The molecule has 0 amide bonds. The molecule has 0 aliphatic rings. The van der Waals surface area contributed by atoms with Crippen molar-refractivity contribution >= 4 is 5.69 Å². The van der Waals surface area contributed by atoms with Crippen molar-refractivity contribution in [2.24, 2.45) is 5.41 Å². The van der Waals surface area contributed by atoms with Gasteiger partial charge < -0.3 is 5.32 Å². The van der Waals surface area contributed by atoms with Gasteiger partial charge in [-0.2, -0.15) is 0 Å². The zero-order chi connectivity index (χ0) is 13.1. The fraction of sp³-hybridized carbons (Fsp3) is 0.600. The van der Waals surface area contributed by atoms with Gasteiger partial charge in [0.15, 0.2) is 0 Å². The Bertz CT molecular complexity index is 366. The number of nitrogens with one attached hydrogen (secondary N) is 1. The molecule has 0 saturated carbocycles. The van der Waals surface area contributed by atoms with Crippen molar-refractivity contribution in [3.05, 3.63) is 29.6 Å². The standard InChI is InChI=1S/C15H24FN/c1-11-6-7-14(13(16)10-11)17-12(2)8-9-15(3,4)5/h6-7,10,12,17H,8-9H2,1-5H3. The van der Waals surface area contributed by atoms with Crippen LogP contribution in [-0.2, 0) is 0 Å². The minimum Gasteiger partial charge on any atom is -0.380 e. The molecular formula is C15H24FN. The molecular weight excluding hydrogens is 213 g/mol. The molecule has 0 saturated heterocycles. The highest BCUT2D eigenvalue weighted by molar-refractivity contribution is 5.46. The molecule has 2 heteroatoms. The van der Waals surface area contributed by atoms with Crippen molar-refractivity contribution in [2.45, 2.75) is 53.5 Å². The van der Waals surface area contributed by atoms with Crippen LogP contribution in [0, 0.1) is 18.2 Å². The van der Waals surface area contributed by atoms with E-state index in [1.54, 1.807) is 6.07 Å². The van der Waals surface area contributed by atoms with Gasteiger partial charge in [0.25, 0.3) is 0 Å². The highest BCUT2D eigenvalue weighted by atomic mass is 19.1. The van der Waals surface area contributed by atoms with Gasteiger partial charge >= 0.3 is 0 Å². The van der Waals surface area contributed by atoms with E-state index in [9.17, 15) is 4.39 Å². The summed E-state index contributed by atoms with van der Waals surface area (Å²) in [5.41, 5.74) is 1.90. The summed E-state index contributed by atoms with van der Waals surface area (Å²) in [5.74, 6) is -0.160. The van der Waals surface area contributed by atoms with E-state index in [0.29, 0.717) is 17.1 Å². The molecule has 1 atom stereocenters. The fourth-order valence-electron chi connectivity index (χ4n) is 1.72. The number of hydrogen-bond donors (Lipinski definition) is 1. The fourth-order valence-corrected chi connectivity index (χ4v) is 1.72. The van der Waals surface area contributed by atoms with Gasteiger partial charge in [0.1, 0.15) is 5.82 Å². The van der Waals surface area contributed by atoms with Crippen LogP contribution in [0.4, 0.5) is 10.1 Å². The van der Waals surface area contributed by atoms with Crippen molar-refractivity contribution in [3.63, 3.8) is 0 Å². The summed E-state index contributed by atoms with van der Waals surface area (Å²) in [5, 5.41) is 3.23. The summed E-state index contributed by atoms with van der Waals surface area (Å²) in [4.78, 5) is 0. The zero-order valence-electron chi connectivity index (χ0n) is 11.6. The first-order valence-corrected chi connectivity index (χ1v) is 6.30. The van der Waals surface area contributed by atoms with Crippen LogP contribution in [0.5, 0.6) is 0 Å². The minimum atomic E-state index is -0.160. The lowest BCUT2D eigenvalue weighted by Gasteiger charge is -2.22. The molecule has 17 heavy (non-hydrogen) atoms. The van der Waals surface area contributed by atoms with Crippen LogP contribution in [0.25, 0.3) is 0 Å². The largest absolute Gasteiger partial charge is 0.380 e. The molecule has 1 N–H and O–H groups in total. The Hall–Kier alpha value is -1.05. The number of rotatable bonds is 4. The number of benzene rings is 1. The van der Waals surface area contributed by atoms with Crippen LogP contribution >= 0.6 is 0 Å². The molecule has 0 spiro atoms. The van der Waals surface area contributed by atoms with Gasteiger partial charge in [0.05, 0.1) is 5.69 Å². The molecule has 0 bridgehead atoms. The molecule has 0 aromatic heterocycles. The monoisotopic (exact) mass is 237 g/mol. The molecule has 0 fully saturated rings.